The number of esters is 1. The van der Waals surface area contributed by atoms with Gasteiger partial charge in [0.1, 0.15) is 48.4 Å². The van der Waals surface area contributed by atoms with Crippen molar-refractivity contribution in [3.63, 3.8) is 0 Å². The van der Waals surface area contributed by atoms with Crippen LogP contribution in [0.2, 0.25) is 0 Å². The number of hydrogen-bond donors (Lipinski definition) is 6. The number of H-pyrrole nitrogens is 1. The third kappa shape index (κ3) is 9.14. The molecular weight excluding hydrogens is 926 g/mol. The Morgan fingerprint density at radius 1 is 1.03 bits per heavy atom. The number of carbonyl (C=O) groups excluding carboxylic acids is 1. The van der Waals surface area contributed by atoms with E-state index in [4.69, 9.17) is 33.7 Å². The zero-order valence-electron chi connectivity index (χ0n) is 38.9. The molecular formula is C45H66N7O14PS. The van der Waals surface area contributed by atoms with E-state index in [-0.39, 0.29) is 41.5 Å². The summed E-state index contributed by atoms with van der Waals surface area (Å²) in [5.41, 5.74) is 5.08. The molecule has 23 heteroatoms. The number of aliphatic hydroxyl groups is 4. The van der Waals surface area contributed by atoms with E-state index < -0.39 is 85.8 Å². The summed E-state index contributed by atoms with van der Waals surface area (Å²) in [4.78, 5) is 52.5. The second-order valence-electron chi connectivity index (χ2n) is 20.5. The molecule has 21 nitrogen and oxygen atoms in total. The van der Waals surface area contributed by atoms with Gasteiger partial charge in [0.25, 0.3) is 5.56 Å². The summed E-state index contributed by atoms with van der Waals surface area (Å²) >= 11 is 0.518. The fraction of sp³-hybridized carbons (Fsp3) is 0.778. The topological polar surface area (TPSA) is 295 Å². The molecule has 7 N–H and O–H groups in total. The number of imidazole rings is 1. The van der Waals surface area contributed by atoms with Crippen LogP contribution in [0.1, 0.15) is 110 Å². The molecule has 2 aliphatic heterocycles. The highest BCUT2D eigenvalue weighted by atomic mass is 32.7. The summed E-state index contributed by atoms with van der Waals surface area (Å²) in [6, 6.07) is 1.10. The van der Waals surface area contributed by atoms with E-state index in [1.165, 1.54) is 30.5 Å². The summed E-state index contributed by atoms with van der Waals surface area (Å²) < 4.78 is 52.9. The number of hydrogen-bond acceptors (Lipinski definition) is 19. The standard InChI is InChI=1S/C45H66N7O14PS/c1-23(27-10-11-28-26-9-8-24-16-25(54)12-14-44(24,2)29(26)17-32(56)45(27,28)3)6-5-7-35(58)62-22-68-67(60,65-37-31(19-53)63-41(38(37)61-4)51-15-13-33(57)50-43(51)59)66-42-30(55)18-34(64-42)52-21-49-36-39(46)47-20-48-40(36)52/h13,15,20-21,23-32,34,37-38,41-42,53-56H,5-12,14,16-19,22H2,1-4H3,(H2,46,47,48)(H,50,57,59)/t23?,24?,25?,26?,27?,28?,29?,30-,31-,32?,34-,37+,38?,41-,42-,44?,45?,67?/m1/s1. The number of aromatic amines is 1. The van der Waals surface area contributed by atoms with E-state index in [0.29, 0.717) is 58.6 Å². The number of anilines is 1. The van der Waals surface area contributed by atoms with Crippen molar-refractivity contribution in [2.75, 3.05) is 25.4 Å². The van der Waals surface area contributed by atoms with Gasteiger partial charge in [-0.3, -0.25) is 32.8 Å². The Morgan fingerprint density at radius 3 is 2.60 bits per heavy atom. The lowest BCUT2D eigenvalue weighted by Crippen LogP contribution is -2.58. The molecule has 0 aromatic carbocycles. The first-order valence-electron chi connectivity index (χ1n) is 24.0. The number of aliphatic hydroxyl groups excluding tert-OH is 4. The Balaban J connectivity index is 0.844. The lowest BCUT2D eigenvalue weighted by molar-refractivity contribution is -0.175. The molecule has 0 radical (unpaired) electrons. The molecule has 4 saturated carbocycles. The van der Waals surface area contributed by atoms with Gasteiger partial charge in [-0.1, -0.05) is 20.8 Å². The largest absolute Gasteiger partial charge is 0.454 e. The van der Waals surface area contributed by atoms with Crippen LogP contribution in [-0.2, 0) is 37.4 Å². The number of nitrogen functional groups attached to an aromatic ring is 1. The summed E-state index contributed by atoms with van der Waals surface area (Å²) in [6.45, 7) is 1.70. The van der Waals surface area contributed by atoms with Crippen LogP contribution < -0.4 is 17.0 Å². The smallest absolute Gasteiger partial charge is 0.395 e. The first-order valence-corrected chi connectivity index (χ1v) is 27.1. The molecule has 6 fully saturated rings. The van der Waals surface area contributed by atoms with Crippen LogP contribution in [0, 0.1) is 46.3 Å². The SMILES string of the molecule is COC1[C@@H](OP(=O)(O[C@H]2O[C@@H](n3cnc4c(N)ncnc43)C[C@H]2O)SCOC(=O)CCCC(C)C2CCC3C4CCC5CC(O)CCC5(C)C4CC(O)C23C)[C@@H](CO)O[C@H]1n1ccc(=O)[nH]c1=O. The molecule has 68 heavy (non-hydrogen) atoms. The zero-order chi connectivity index (χ0) is 48.3. The molecule has 5 heterocycles. The molecule has 376 valence electrons. The average Bonchev–Trinajstić information content (AvgIpc) is 4.08. The van der Waals surface area contributed by atoms with Gasteiger partial charge in [-0.2, -0.15) is 0 Å². The Hall–Kier alpha value is -3.28. The highest BCUT2D eigenvalue weighted by Gasteiger charge is 2.64. The van der Waals surface area contributed by atoms with Gasteiger partial charge < -0.3 is 45.1 Å². The maximum absolute atomic E-state index is 14.9. The van der Waals surface area contributed by atoms with Crippen molar-refractivity contribution in [2.24, 2.45) is 46.3 Å². The summed E-state index contributed by atoms with van der Waals surface area (Å²) in [7, 11) is 1.29. The first-order chi connectivity index (χ1) is 32.5. The molecule has 12 unspecified atom stereocenters. The molecule has 0 spiro atoms. The summed E-state index contributed by atoms with van der Waals surface area (Å²) in [5.74, 6) is 1.66. The summed E-state index contributed by atoms with van der Waals surface area (Å²) in [6.07, 6.45) is 3.72. The second-order valence-corrected chi connectivity index (χ2v) is 24.4. The number of methoxy groups -OCH3 is 1. The van der Waals surface area contributed by atoms with Gasteiger partial charge >= 0.3 is 18.5 Å². The summed E-state index contributed by atoms with van der Waals surface area (Å²) in [5, 5.41) is 44.1. The first kappa shape index (κ1) is 49.7. The predicted molar refractivity (Wildman–Crippen MR) is 245 cm³/mol. The van der Waals surface area contributed by atoms with E-state index in [9.17, 15) is 39.4 Å². The maximum atomic E-state index is 14.9. The fourth-order valence-electron chi connectivity index (χ4n) is 13.6. The number of nitrogens with two attached hydrogens (primary N) is 1. The van der Waals surface area contributed by atoms with E-state index in [1.807, 2.05) is 0 Å². The van der Waals surface area contributed by atoms with Crippen molar-refractivity contribution in [1.82, 2.24) is 29.1 Å². The van der Waals surface area contributed by atoms with Crippen LogP contribution >= 0.6 is 18.2 Å². The van der Waals surface area contributed by atoms with Gasteiger partial charge in [-0.05, 0) is 111 Å². The van der Waals surface area contributed by atoms with Crippen LogP contribution in [-0.4, -0.2) is 118 Å². The minimum Gasteiger partial charge on any atom is -0.454 e. The van der Waals surface area contributed by atoms with Crippen molar-refractivity contribution in [1.29, 1.82) is 0 Å². The molecule has 0 amide bonds. The van der Waals surface area contributed by atoms with E-state index in [2.05, 4.69) is 40.7 Å². The van der Waals surface area contributed by atoms with Gasteiger partial charge in [-0.25, -0.2) is 24.3 Å². The third-order valence-corrected chi connectivity index (χ3v) is 20.4. The number of nitrogens with zero attached hydrogens (tertiary/aromatic N) is 5. The number of carbonyl (C=O) groups is 1. The van der Waals surface area contributed by atoms with Crippen LogP contribution in [0.4, 0.5) is 5.82 Å². The number of nitrogens with one attached hydrogen (secondary N) is 1. The molecule has 3 aromatic heterocycles. The van der Waals surface area contributed by atoms with Crippen molar-refractivity contribution in [2.45, 2.75) is 153 Å². The molecule has 18 atom stereocenters. The molecule has 3 aromatic rings. The monoisotopic (exact) mass is 991 g/mol. The Bertz CT molecular complexity index is 2460. The second kappa shape index (κ2) is 19.7. The average molecular weight is 992 g/mol. The minimum atomic E-state index is -4.59. The van der Waals surface area contributed by atoms with Gasteiger partial charge in [0.05, 0.1) is 25.1 Å². The fourth-order valence-corrected chi connectivity index (χ4v) is 16.5. The molecule has 9 rings (SSSR count). The van der Waals surface area contributed by atoms with E-state index in [1.54, 1.807) is 0 Å². The van der Waals surface area contributed by atoms with Crippen molar-refractivity contribution in [3.8, 4) is 0 Å². The maximum Gasteiger partial charge on any atom is 0.395 e. The lowest BCUT2D eigenvalue weighted by Gasteiger charge is -2.62. The normalized spacial score (nSPS) is 39.2. The van der Waals surface area contributed by atoms with Gasteiger partial charge in [0, 0.05) is 43.6 Å². The van der Waals surface area contributed by atoms with Gasteiger partial charge in [-0.15, -0.1) is 0 Å². The Kier molecular flexibility index (Phi) is 14.4. The van der Waals surface area contributed by atoms with Crippen LogP contribution in [0.15, 0.2) is 34.5 Å². The van der Waals surface area contributed by atoms with Crippen LogP contribution in [0.5, 0.6) is 0 Å². The number of rotatable bonds is 16. The molecule has 2 saturated heterocycles. The van der Waals surface area contributed by atoms with E-state index >= 15 is 0 Å². The minimum absolute atomic E-state index is 0.0475. The van der Waals surface area contributed by atoms with E-state index in [0.717, 1.165) is 68.4 Å². The number of ether oxygens (including phenoxy) is 4. The molecule has 0 bridgehead atoms. The molecule has 6 aliphatic rings. The predicted octanol–water partition coefficient (Wildman–Crippen LogP) is 4.01. The van der Waals surface area contributed by atoms with Crippen molar-refractivity contribution >= 4 is 41.1 Å². The Labute approximate surface area is 397 Å². The third-order valence-electron chi connectivity index (χ3n) is 17.1. The zero-order valence-corrected chi connectivity index (χ0v) is 40.6. The molecule has 4 aliphatic carbocycles. The van der Waals surface area contributed by atoms with Crippen molar-refractivity contribution in [3.05, 3.63) is 45.8 Å². The lowest BCUT2D eigenvalue weighted by atomic mass is 9.43. The number of fused-ring (bicyclic) bond motifs is 6. The van der Waals surface area contributed by atoms with Crippen molar-refractivity contribution < 1.29 is 57.8 Å². The highest BCUT2D eigenvalue weighted by molar-refractivity contribution is 8.55. The van der Waals surface area contributed by atoms with Crippen LogP contribution in [0.3, 0.4) is 0 Å². The van der Waals surface area contributed by atoms with Crippen LogP contribution in [0.25, 0.3) is 11.2 Å². The van der Waals surface area contributed by atoms with Gasteiger partial charge in [0.15, 0.2) is 24.0 Å². The quantitative estimate of drug-likeness (QED) is 0.0671. The Morgan fingerprint density at radius 2 is 1.84 bits per heavy atom. The number of aromatic nitrogens is 6. The highest BCUT2D eigenvalue weighted by Crippen LogP contribution is 2.69. The van der Waals surface area contributed by atoms with Gasteiger partial charge in [0.2, 0.25) is 0 Å².